The van der Waals surface area contributed by atoms with Gasteiger partial charge in [-0.25, -0.2) is 17.5 Å². The van der Waals surface area contributed by atoms with Crippen molar-refractivity contribution in [3.05, 3.63) is 29.1 Å². The van der Waals surface area contributed by atoms with Crippen LogP contribution < -0.4 is 10.0 Å². The molecular formula is C13H19FN2O2S. The fraction of sp³-hybridized carbons (Fsp3) is 0.538. The molecule has 1 saturated carbocycles. The zero-order valence-electron chi connectivity index (χ0n) is 11.2. The maximum absolute atomic E-state index is 13.8. The van der Waals surface area contributed by atoms with Crippen LogP contribution in [0.3, 0.4) is 0 Å². The number of nitrogens with one attached hydrogen (secondary N) is 2. The average molecular weight is 286 g/mol. The molecule has 0 saturated heterocycles. The molecule has 1 aromatic carbocycles. The summed E-state index contributed by atoms with van der Waals surface area (Å²) in [6, 6.07) is 2.78. The zero-order chi connectivity index (χ0) is 14.0. The van der Waals surface area contributed by atoms with E-state index in [1.54, 1.807) is 14.0 Å². The van der Waals surface area contributed by atoms with Crippen molar-refractivity contribution in [2.24, 2.45) is 5.92 Å². The van der Waals surface area contributed by atoms with Gasteiger partial charge in [0.05, 0.1) is 4.90 Å². The van der Waals surface area contributed by atoms with E-state index in [9.17, 15) is 12.8 Å². The summed E-state index contributed by atoms with van der Waals surface area (Å²) in [5.74, 6) is 0.114. The largest absolute Gasteiger partial charge is 0.316 e. The fourth-order valence-electron chi connectivity index (χ4n) is 1.91. The van der Waals surface area contributed by atoms with Gasteiger partial charge in [0.15, 0.2) is 0 Å². The van der Waals surface area contributed by atoms with Crippen LogP contribution in [0.15, 0.2) is 17.0 Å². The zero-order valence-corrected chi connectivity index (χ0v) is 12.0. The minimum Gasteiger partial charge on any atom is -0.316 e. The number of aryl methyl sites for hydroxylation is 1. The lowest BCUT2D eigenvalue weighted by Crippen LogP contribution is -2.26. The molecule has 0 heterocycles. The Balaban J connectivity index is 2.27. The molecular weight excluding hydrogens is 267 g/mol. The number of sulfonamides is 1. The number of rotatable bonds is 6. The molecule has 0 unspecified atom stereocenters. The highest BCUT2D eigenvalue weighted by Crippen LogP contribution is 2.28. The molecule has 0 atom stereocenters. The van der Waals surface area contributed by atoms with Crippen LogP contribution in [-0.2, 0) is 16.6 Å². The van der Waals surface area contributed by atoms with E-state index in [2.05, 4.69) is 10.0 Å². The third-order valence-corrected chi connectivity index (χ3v) is 4.64. The lowest BCUT2D eigenvalue weighted by molar-refractivity contribution is 0.572. The Labute approximate surface area is 113 Å². The van der Waals surface area contributed by atoms with Gasteiger partial charge in [0.2, 0.25) is 10.0 Å². The van der Waals surface area contributed by atoms with Crippen molar-refractivity contribution >= 4 is 10.0 Å². The molecule has 0 aliphatic heterocycles. The van der Waals surface area contributed by atoms with Crippen molar-refractivity contribution in [3.8, 4) is 0 Å². The van der Waals surface area contributed by atoms with Gasteiger partial charge >= 0.3 is 0 Å². The minimum absolute atomic E-state index is 0.136. The topological polar surface area (TPSA) is 58.2 Å². The molecule has 19 heavy (non-hydrogen) atoms. The quantitative estimate of drug-likeness (QED) is 0.834. The molecule has 1 aliphatic rings. The summed E-state index contributed by atoms with van der Waals surface area (Å²) in [5, 5.41) is 2.84. The van der Waals surface area contributed by atoms with E-state index in [0.717, 1.165) is 12.8 Å². The monoisotopic (exact) mass is 286 g/mol. The summed E-state index contributed by atoms with van der Waals surface area (Å²) in [6.07, 6.45) is 2.16. The van der Waals surface area contributed by atoms with Gasteiger partial charge in [-0.05, 0) is 50.4 Å². The lowest BCUT2D eigenvalue weighted by Gasteiger charge is -2.11. The molecule has 106 valence electrons. The normalized spacial score (nSPS) is 15.7. The Bertz CT molecular complexity index is 568. The van der Waals surface area contributed by atoms with Crippen molar-refractivity contribution in [2.75, 3.05) is 13.6 Å². The van der Waals surface area contributed by atoms with Crippen molar-refractivity contribution in [2.45, 2.75) is 31.2 Å². The molecule has 0 amide bonds. The Morgan fingerprint density at radius 2 is 2.05 bits per heavy atom. The van der Waals surface area contributed by atoms with E-state index in [1.807, 2.05) is 0 Å². The van der Waals surface area contributed by atoms with E-state index in [1.165, 1.54) is 12.1 Å². The fourth-order valence-corrected chi connectivity index (χ4v) is 3.16. The summed E-state index contributed by atoms with van der Waals surface area (Å²) >= 11 is 0. The predicted molar refractivity (Wildman–Crippen MR) is 71.8 cm³/mol. The highest BCUT2D eigenvalue weighted by Gasteiger charge is 2.25. The van der Waals surface area contributed by atoms with Crippen LogP contribution in [0.25, 0.3) is 0 Å². The summed E-state index contributed by atoms with van der Waals surface area (Å²) in [5.41, 5.74) is 0.717. The van der Waals surface area contributed by atoms with E-state index >= 15 is 0 Å². The first-order valence-electron chi connectivity index (χ1n) is 6.37. The van der Waals surface area contributed by atoms with Gasteiger partial charge in [0, 0.05) is 18.7 Å². The molecule has 2 rings (SSSR count). The Morgan fingerprint density at radius 1 is 1.37 bits per heavy atom. The Hall–Kier alpha value is -0.980. The van der Waals surface area contributed by atoms with Crippen molar-refractivity contribution in [1.29, 1.82) is 0 Å². The molecule has 1 aliphatic carbocycles. The first kappa shape index (κ1) is 14.4. The van der Waals surface area contributed by atoms with Gasteiger partial charge in [-0.15, -0.1) is 0 Å². The summed E-state index contributed by atoms with van der Waals surface area (Å²) in [6.45, 7) is 2.35. The third kappa shape index (κ3) is 3.52. The van der Waals surface area contributed by atoms with Gasteiger partial charge in [-0.2, -0.15) is 0 Å². The molecule has 0 spiro atoms. The first-order valence-corrected chi connectivity index (χ1v) is 7.85. The number of hydrogen-bond donors (Lipinski definition) is 2. The SMILES string of the molecule is CNCc1cc(S(=O)(=O)NCC2CC2)cc(C)c1F. The van der Waals surface area contributed by atoms with E-state index in [-0.39, 0.29) is 10.7 Å². The molecule has 6 heteroatoms. The van der Waals surface area contributed by atoms with E-state index in [4.69, 9.17) is 0 Å². The van der Waals surface area contributed by atoms with Crippen LogP contribution in [0.1, 0.15) is 24.0 Å². The summed E-state index contributed by atoms with van der Waals surface area (Å²) in [4.78, 5) is 0.136. The minimum atomic E-state index is -3.54. The summed E-state index contributed by atoms with van der Waals surface area (Å²) < 4.78 is 40.7. The maximum Gasteiger partial charge on any atom is 0.240 e. The predicted octanol–water partition coefficient (Wildman–Crippen LogP) is 1.54. The Kier molecular flexibility index (Phi) is 4.23. The molecule has 4 nitrogen and oxygen atoms in total. The van der Waals surface area contributed by atoms with E-state index in [0.29, 0.717) is 30.1 Å². The second-order valence-corrected chi connectivity index (χ2v) is 6.81. The van der Waals surface area contributed by atoms with Gasteiger partial charge in [0.1, 0.15) is 5.82 Å². The van der Waals surface area contributed by atoms with Crippen LogP contribution in [0, 0.1) is 18.7 Å². The first-order chi connectivity index (χ1) is 8.94. The van der Waals surface area contributed by atoms with E-state index < -0.39 is 10.0 Å². The van der Waals surface area contributed by atoms with Crippen LogP contribution in [0.4, 0.5) is 4.39 Å². The van der Waals surface area contributed by atoms with Gasteiger partial charge in [-0.3, -0.25) is 0 Å². The standard InChI is InChI=1S/C13H19FN2O2S/c1-9-5-12(6-11(8-15-2)13(9)14)19(17,18)16-7-10-3-4-10/h5-6,10,15-16H,3-4,7-8H2,1-2H3. The summed E-state index contributed by atoms with van der Waals surface area (Å²) in [7, 11) is -1.84. The van der Waals surface area contributed by atoms with Gasteiger partial charge < -0.3 is 5.32 Å². The Morgan fingerprint density at radius 3 is 2.63 bits per heavy atom. The smallest absolute Gasteiger partial charge is 0.240 e. The van der Waals surface area contributed by atoms with Crippen molar-refractivity contribution in [1.82, 2.24) is 10.0 Å². The van der Waals surface area contributed by atoms with Crippen molar-refractivity contribution < 1.29 is 12.8 Å². The molecule has 0 aromatic heterocycles. The molecule has 0 bridgehead atoms. The van der Waals surface area contributed by atoms with Crippen LogP contribution in [0.2, 0.25) is 0 Å². The molecule has 1 aromatic rings. The lowest BCUT2D eigenvalue weighted by atomic mass is 10.1. The molecule has 1 fully saturated rings. The second-order valence-electron chi connectivity index (χ2n) is 5.04. The number of halogens is 1. The average Bonchev–Trinajstić information content (AvgIpc) is 3.16. The second kappa shape index (κ2) is 5.56. The maximum atomic E-state index is 13.8. The highest BCUT2D eigenvalue weighted by molar-refractivity contribution is 7.89. The van der Waals surface area contributed by atoms with Gasteiger partial charge in [0.25, 0.3) is 0 Å². The van der Waals surface area contributed by atoms with Crippen LogP contribution in [0.5, 0.6) is 0 Å². The van der Waals surface area contributed by atoms with Crippen LogP contribution >= 0.6 is 0 Å². The van der Waals surface area contributed by atoms with Crippen LogP contribution in [-0.4, -0.2) is 22.0 Å². The van der Waals surface area contributed by atoms with Gasteiger partial charge in [-0.1, -0.05) is 0 Å². The van der Waals surface area contributed by atoms with Crippen molar-refractivity contribution in [3.63, 3.8) is 0 Å². The number of benzene rings is 1. The highest BCUT2D eigenvalue weighted by atomic mass is 32.2. The molecule has 0 radical (unpaired) electrons. The molecule has 2 N–H and O–H groups in total. The third-order valence-electron chi connectivity index (χ3n) is 3.24. The number of hydrogen-bond acceptors (Lipinski definition) is 3.